The van der Waals surface area contributed by atoms with Gasteiger partial charge in [-0.25, -0.2) is 0 Å². The maximum absolute atomic E-state index is 11.5. The van der Waals surface area contributed by atoms with Crippen LogP contribution in [0.15, 0.2) is 0 Å². The van der Waals surface area contributed by atoms with Crippen LogP contribution in [-0.4, -0.2) is 12.6 Å². The topological polar surface area (TPSA) is 26.3 Å². The van der Waals surface area contributed by atoms with Gasteiger partial charge < -0.3 is 4.74 Å². The third-order valence-electron chi connectivity index (χ3n) is 1.80. The second-order valence-corrected chi connectivity index (χ2v) is 5.34. The third-order valence-corrected chi connectivity index (χ3v) is 1.80. The van der Waals surface area contributed by atoms with Gasteiger partial charge >= 0.3 is 5.97 Å². The highest BCUT2D eigenvalue weighted by molar-refractivity contribution is 5.75. The van der Waals surface area contributed by atoms with E-state index in [1.165, 1.54) is 0 Å². The Hall–Kier alpha value is -0.530. The number of hydrogen-bond acceptors (Lipinski definition) is 2. The molecule has 0 aliphatic rings. The summed E-state index contributed by atoms with van der Waals surface area (Å²) in [6, 6.07) is 0. The summed E-state index contributed by atoms with van der Waals surface area (Å²) in [4.78, 5) is 11.5. The first kappa shape index (κ1) is 12.5. The van der Waals surface area contributed by atoms with Crippen molar-refractivity contribution >= 4 is 5.97 Å². The van der Waals surface area contributed by atoms with Gasteiger partial charge in [0.2, 0.25) is 0 Å². The van der Waals surface area contributed by atoms with Crippen LogP contribution in [0.25, 0.3) is 0 Å². The van der Waals surface area contributed by atoms with E-state index in [0.717, 1.165) is 6.42 Å². The summed E-state index contributed by atoms with van der Waals surface area (Å²) in [5, 5.41) is 0. The quantitative estimate of drug-likeness (QED) is 0.633. The first-order valence-corrected chi connectivity index (χ1v) is 4.86. The highest BCUT2D eigenvalue weighted by Crippen LogP contribution is 2.33. The van der Waals surface area contributed by atoms with Gasteiger partial charge in [-0.3, -0.25) is 4.79 Å². The average Bonchev–Trinajstić information content (AvgIpc) is 1.82. The molecule has 0 spiro atoms. The molecule has 0 rings (SSSR count). The molecule has 0 fully saturated rings. The molecule has 13 heavy (non-hydrogen) atoms. The molecule has 0 unspecified atom stereocenters. The molecule has 0 saturated carbocycles. The zero-order valence-corrected chi connectivity index (χ0v) is 9.73. The Labute approximate surface area is 81.7 Å². The molecule has 0 aliphatic carbocycles. The molecule has 2 heteroatoms. The fourth-order valence-corrected chi connectivity index (χ4v) is 1.72. The molecule has 0 aromatic heterocycles. The summed E-state index contributed by atoms with van der Waals surface area (Å²) in [5.41, 5.74) is -0.204. The molecule has 0 bridgehead atoms. The van der Waals surface area contributed by atoms with Crippen molar-refractivity contribution < 1.29 is 9.53 Å². The molecule has 0 N–H and O–H groups in total. The number of carbonyl (C=O) groups is 1. The normalized spacial score (nSPS) is 12.8. The zero-order valence-electron chi connectivity index (χ0n) is 9.73. The molecule has 0 aromatic rings. The van der Waals surface area contributed by atoms with Crippen LogP contribution in [0.3, 0.4) is 0 Å². The molecule has 0 aliphatic heterocycles. The second-order valence-electron chi connectivity index (χ2n) is 5.34. The molecular formula is C11H22O2. The SMILES string of the molecule is CCOC(=O)C(C)(C)CC(C)(C)C. The van der Waals surface area contributed by atoms with Gasteiger partial charge in [0.05, 0.1) is 12.0 Å². The van der Waals surface area contributed by atoms with Gasteiger partial charge in [0, 0.05) is 0 Å². The maximum Gasteiger partial charge on any atom is 0.311 e. The van der Waals surface area contributed by atoms with Crippen molar-refractivity contribution in [2.45, 2.75) is 48.0 Å². The van der Waals surface area contributed by atoms with Gasteiger partial charge in [0.15, 0.2) is 0 Å². The van der Waals surface area contributed by atoms with E-state index in [-0.39, 0.29) is 16.8 Å². The molecule has 0 aromatic carbocycles. The lowest BCUT2D eigenvalue weighted by atomic mass is 9.76. The Kier molecular flexibility index (Phi) is 3.95. The summed E-state index contributed by atoms with van der Waals surface area (Å²) in [7, 11) is 0. The molecule has 78 valence electrons. The van der Waals surface area contributed by atoms with Gasteiger partial charge in [-0.05, 0) is 32.6 Å². The van der Waals surface area contributed by atoms with E-state index < -0.39 is 0 Å². The first-order chi connectivity index (χ1) is 5.69. The fourth-order valence-electron chi connectivity index (χ4n) is 1.72. The van der Waals surface area contributed by atoms with E-state index >= 15 is 0 Å². The molecule has 0 amide bonds. The highest BCUT2D eigenvalue weighted by atomic mass is 16.5. The van der Waals surface area contributed by atoms with Gasteiger partial charge in [-0.2, -0.15) is 0 Å². The molecule has 0 saturated heterocycles. The van der Waals surface area contributed by atoms with Crippen LogP contribution >= 0.6 is 0 Å². The van der Waals surface area contributed by atoms with E-state index in [1.807, 2.05) is 20.8 Å². The molecule has 0 heterocycles. The van der Waals surface area contributed by atoms with E-state index in [0.29, 0.717) is 6.61 Å². The van der Waals surface area contributed by atoms with Crippen LogP contribution in [0.4, 0.5) is 0 Å². The number of esters is 1. The van der Waals surface area contributed by atoms with Crippen molar-refractivity contribution in [3.63, 3.8) is 0 Å². The van der Waals surface area contributed by atoms with E-state index in [1.54, 1.807) is 0 Å². The van der Waals surface area contributed by atoms with Crippen LogP contribution in [0, 0.1) is 10.8 Å². The van der Waals surface area contributed by atoms with Gasteiger partial charge in [-0.15, -0.1) is 0 Å². The van der Waals surface area contributed by atoms with Crippen LogP contribution in [0.1, 0.15) is 48.0 Å². The summed E-state index contributed by atoms with van der Waals surface area (Å²) in [6.45, 7) is 12.6. The summed E-state index contributed by atoms with van der Waals surface area (Å²) in [6.07, 6.45) is 0.846. The Balaban J connectivity index is 4.30. The Morgan fingerprint density at radius 2 is 1.62 bits per heavy atom. The number of hydrogen-bond donors (Lipinski definition) is 0. The van der Waals surface area contributed by atoms with Crippen molar-refractivity contribution in [2.75, 3.05) is 6.61 Å². The molecule has 2 nitrogen and oxygen atoms in total. The summed E-state index contributed by atoms with van der Waals surface area (Å²) < 4.78 is 5.01. The lowest BCUT2D eigenvalue weighted by molar-refractivity contribution is -0.155. The Morgan fingerprint density at radius 1 is 1.15 bits per heavy atom. The Morgan fingerprint density at radius 3 is 1.92 bits per heavy atom. The fraction of sp³-hybridized carbons (Fsp3) is 0.909. The highest BCUT2D eigenvalue weighted by Gasteiger charge is 2.33. The van der Waals surface area contributed by atoms with Crippen LogP contribution in [0.2, 0.25) is 0 Å². The predicted octanol–water partition coefficient (Wildman–Crippen LogP) is 3.01. The zero-order chi connectivity index (χ0) is 10.7. The summed E-state index contributed by atoms with van der Waals surface area (Å²) >= 11 is 0. The van der Waals surface area contributed by atoms with Crippen LogP contribution in [0.5, 0.6) is 0 Å². The smallest absolute Gasteiger partial charge is 0.311 e. The number of rotatable bonds is 3. The van der Waals surface area contributed by atoms with Crippen LogP contribution < -0.4 is 0 Å². The molecule has 0 radical (unpaired) electrons. The minimum absolute atomic E-state index is 0.0927. The van der Waals surface area contributed by atoms with Crippen molar-refractivity contribution in [2.24, 2.45) is 10.8 Å². The maximum atomic E-state index is 11.5. The monoisotopic (exact) mass is 186 g/mol. The van der Waals surface area contributed by atoms with Crippen molar-refractivity contribution in [3.8, 4) is 0 Å². The molecule has 0 atom stereocenters. The Bertz CT molecular complexity index is 175. The summed E-state index contributed by atoms with van der Waals surface area (Å²) in [5.74, 6) is -0.0927. The van der Waals surface area contributed by atoms with E-state index in [4.69, 9.17) is 4.74 Å². The number of ether oxygens (including phenoxy) is 1. The largest absolute Gasteiger partial charge is 0.466 e. The van der Waals surface area contributed by atoms with E-state index in [9.17, 15) is 4.79 Å². The van der Waals surface area contributed by atoms with Crippen molar-refractivity contribution in [3.05, 3.63) is 0 Å². The lowest BCUT2D eigenvalue weighted by Gasteiger charge is -2.30. The minimum atomic E-state index is -0.367. The van der Waals surface area contributed by atoms with Crippen molar-refractivity contribution in [1.82, 2.24) is 0 Å². The third kappa shape index (κ3) is 4.91. The lowest BCUT2D eigenvalue weighted by Crippen LogP contribution is -2.31. The minimum Gasteiger partial charge on any atom is -0.466 e. The van der Waals surface area contributed by atoms with Crippen LogP contribution in [-0.2, 0) is 9.53 Å². The van der Waals surface area contributed by atoms with Crippen molar-refractivity contribution in [1.29, 1.82) is 0 Å². The van der Waals surface area contributed by atoms with Gasteiger partial charge in [-0.1, -0.05) is 20.8 Å². The predicted molar refractivity (Wildman–Crippen MR) is 54.5 cm³/mol. The van der Waals surface area contributed by atoms with Gasteiger partial charge in [0.25, 0.3) is 0 Å². The average molecular weight is 186 g/mol. The van der Waals surface area contributed by atoms with Gasteiger partial charge in [0.1, 0.15) is 0 Å². The second kappa shape index (κ2) is 4.12. The first-order valence-electron chi connectivity index (χ1n) is 4.86. The van der Waals surface area contributed by atoms with E-state index in [2.05, 4.69) is 20.8 Å². The standard InChI is InChI=1S/C11H22O2/c1-7-13-9(12)11(5,6)8-10(2,3)4/h7-8H2,1-6H3. The molecular weight excluding hydrogens is 164 g/mol. The number of carbonyl (C=O) groups excluding carboxylic acids is 1.